The summed E-state index contributed by atoms with van der Waals surface area (Å²) in [5.41, 5.74) is 2.83. The molecule has 0 saturated carbocycles. The maximum Gasteiger partial charge on any atom is 0.254 e. The molecule has 1 atom stereocenters. The van der Waals surface area contributed by atoms with Crippen molar-refractivity contribution in [1.82, 2.24) is 19.4 Å². The SMILES string of the molecule is Cc1cnc(C2CCN(C(=O)c3cccc4[nH]ccc34)CC2)n1[C@H](C)CO. The van der Waals surface area contributed by atoms with Crippen LogP contribution < -0.4 is 0 Å². The molecule has 1 fully saturated rings. The number of imidazole rings is 1. The number of hydrogen-bond acceptors (Lipinski definition) is 3. The molecule has 1 aliphatic heterocycles. The predicted molar refractivity (Wildman–Crippen MR) is 105 cm³/mol. The molecule has 2 aromatic heterocycles. The summed E-state index contributed by atoms with van der Waals surface area (Å²) in [6.07, 6.45) is 5.54. The lowest BCUT2D eigenvalue weighted by Gasteiger charge is -2.33. The fraction of sp³-hybridized carbons (Fsp3) is 0.429. The van der Waals surface area contributed by atoms with Gasteiger partial charge in [0.15, 0.2) is 0 Å². The summed E-state index contributed by atoms with van der Waals surface area (Å²) >= 11 is 0. The second-order valence-electron chi connectivity index (χ2n) is 7.47. The molecule has 1 saturated heterocycles. The first-order valence-corrected chi connectivity index (χ1v) is 9.60. The zero-order chi connectivity index (χ0) is 19.0. The van der Waals surface area contributed by atoms with Crippen LogP contribution in [0, 0.1) is 6.92 Å². The van der Waals surface area contributed by atoms with Crippen LogP contribution in [0.1, 0.15) is 53.6 Å². The Morgan fingerprint density at radius 1 is 1.33 bits per heavy atom. The molecule has 1 aliphatic rings. The predicted octanol–water partition coefficient (Wildman–Crippen LogP) is 3.25. The van der Waals surface area contributed by atoms with Gasteiger partial charge in [0.25, 0.3) is 5.91 Å². The number of nitrogens with zero attached hydrogens (tertiary/aromatic N) is 3. The van der Waals surface area contributed by atoms with E-state index in [1.54, 1.807) is 0 Å². The molecule has 2 N–H and O–H groups in total. The minimum atomic E-state index is 0.0216. The van der Waals surface area contributed by atoms with Crippen molar-refractivity contribution in [1.29, 1.82) is 0 Å². The van der Waals surface area contributed by atoms with Gasteiger partial charge in [-0.3, -0.25) is 4.79 Å². The normalized spacial score (nSPS) is 16.8. The van der Waals surface area contributed by atoms with Crippen molar-refractivity contribution >= 4 is 16.8 Å². The highest BCUT2D eigenvalue weighted by molar-refractivity contribution is 6.06. The van der Waals surface area contributed by atoms with Gasteiger partial charge in [-0.25, -0.2) is 4.98 Å². The number of aliphatic hydroxyl groups excluding tert-OH is 1. The molecule has 6 nitrogen and oxygen atoms in total. The van der Waals surface area contributed by atoms with Crippen molar-refractivity contribution in [2.75, 3.05) is 19.7 Å². The van der Waals surface area contributed by atoms with Gasteiger partial charge in [0.2, 0.25) is 0 Å². The topological polar surface area (TPSA) is 74.2 Å². The second kappa shape index (κ2) is 7.19. The summed E-state index contributed by atoms with van der Waals surface area (Å²) in [4.78, 5) is 22.8. The van der Waals surface area contributed by atoms with Crippen molar-refractivity contribution in [3.63, 3.8) is 0 Å². The first kappa shape index (κ1) is 17.8. The van der Waals surface area contributed by atoms with Crippen LogP contribution in [0.15, 0.2) is 36.7 Å². The summed E-state index contributed by atoms with van der Waals surface area (Å²) < 4.78 is 2.14. The van der Waals surface area contributed by atoms with Crippen LogP contribution in [0.3, 0.4) is 0 Å². The Balaban J connectivity index is 1.50. The summed E-state index contributed by atoms with van der Waals surface area (Å²) in [7, 11) is 0. The van der Waals surface area contributed by atoms with Crippen molar-refractivity contribution in [3.05, 3.63) is 53.7 Å². The van der Waals surface area contributed by atoms with E-state index in [1.165, 1.54) is 0 Å². The lowest BCUT2D eigenvalue weighted by molar-refractivity contribution is 0.0711. The fourth-order valence-corrected chi connectivity index (χ4v) is 4.20. The molecule has 6 heteroatoms. The number of rotatable bonds is 4. The highest BCUT2D eigenvalue weighted by Gasteiger charge is 2.29. The maximum absolute atomic E-state index is 13.0. The number of nitrogens with one attached hydrogen (secondary N) is 1. The van der Waals surface area contributed by atoms with Gasteiger partial charge in [-0.15, -0.1) is 0 Å². The number of H-pyrrole nitrogens is 1. The van der Waals surface area contributed by atoms with E-state index < -0.39 is 0 Å². The number of likely N-dealkylation sites (tertiary alicyclic amines) is 1. The van der Waals surface area contributed by atoms with Crippen LogP contribution in [-0.2, 0) is 0 Å². The highest BCUT2D eigenvalue weighted by atomic mass is 16.3. The molecule has 0 spiro atoms. The van der Waals surface area contributed by atoms with Gasteiger partial charge in [0.1, 0.15) is 5.82 Å². The zero-order valence-corrected chi connectivity index (χ0v) is 15.9. The molecule has 3 heterocycles. The molecule has 0 unspecified atom stereocenters. The Kier molecular flexibility index (Phi) is 4.74. The van der Waals surface area contributed by atoms with Crippen molar-refractivity contribution in [2.45, 2.75) is 38.6 Å². The van der Waals surface area contributed by atoms with Crippen LogP contribution in [0.25, 0.3) is 10.9 Å². The average Bonchev–Trinajstić information content (AvgIpc) is 3.33. The zero-order valence-electron chi connectivity index (χ0n) is 15.9. The van der Waals surface area contributed by atoms with Crippen LogP contribution >= 0.6 is 0 Å². The van der Waals surface area contributed by atoms with E-state index >= 15 is 0 Å². The maximum atomic E-state index is 13.0. The van der Waals surface area contributed by atoms with Crippen LogP contribution in [0.5, 0.6) is 0 Å². The molecule has 1 amide bonds. The Hall–Kier alpha value is -2.60. The van der Waals surface area contributed by atoms with Gasteiger partial charge in [0.05, 0.1) is 12.6 Å². The molecule has 142 valence electrons. The van der Waals surface area contributed by atoms with Crippen LogP contribution in [0.4, 0.5) is 0 Å². The lowest BCUT2D eigenvalue weighted by atomic mass is 9.94. The van der Waals surface area contributed by atoms with E-state index in [4.69, 9.17) is 0 Å². The average molecular weight is 366 g/mol. The number of piperidine rings is 1. The number of aromatic amines is 1. The smallest absolute Gasteiger partial charge is 0.254 e. The highest BCUT2D eigenvalue weighted by Crippen LogP contribution is 2.31. The third kappa shape index (κ3) is 3.14. The van der Waals surface area contributed by atoms with E-state index in [2.05, 4.69) is 14.5 Å². The Labute approximate surface area is 158 Å². The van der Waals surface area contributed by atoms with Gasteiger partial charge in [-0.05, 0) is 44.9 Å². The minimum absolute atomic E-state index is 0.0216. The minimum Gasteiger partial charge on any atom is -0.394 e. The van der Waals surface area contributed by atoms with E-state index in [9.17, 15) is 9.90 Å². The molecule has 0 radical (unpaired) electrons. The molecule has 3 aromatic rings. The number of carbonyl (C=O) groups is 1. The van der Waals surface area contributed by atoms with Crippen LogP contribution in [-0.4, -0.2) is 50.1 Å². The number of fused-ring (bicyclic) bond motifs is 1. The number of aromatic nitrogens is 3. The molecular weight excluding hydrogens is 340 g/mol. The van der Waals surface area contributed by atoms with Crippen molar-refractivity contribution in [3.8, 4) is 0 Å². The third-order valence-electron chi connectivity index (χ3n) is 5.69. The number of aryl methyl sites for hydroxylation is 1. The quantitative estimate of drug-likeness (QED) is 0.744. The van der Waals surface area contributed by atoms with Gasteiger partial charge in [-0.2, -0.15) is 0 Å². The van der Waals surface area contributed by atoms with Gasteiger partial charge < -0.3 is 19.6 Å². The Morgan fingerprint density at radius 2 is 2.11 bits per heavy atom. The van der Waals surface area contributed by atoms with E-state index in [0.29, 0.717) is 5.92 Å². The summed E-state index contributed by atoms with van der Waals surface area (Å²) in [6, 6.07) is 7.81. The standard InChI is InChI=1S/C21H26N4O2/c1-14-12-23-20(25(14)15(2)13-26)16-7-10-24(11-8-16)21(27)18-4-3-5-19-17(18)6-9-22-19/h3-6,9,12,15-16,22,26H,7-8,10-11,13H2,1-2H3/t15-/m1/s1. The van der Waals surface area contributed by atoms with Crippen molar-refractivity contribution < 1.29 is 9.90 Å². The second-order valence-corrected chi connectivity index (χ2v) is 7.47. The molecular formula is C21H26N4O2. The summed E-state index contributed by atoms with van der Waals surface area (Å²) in [5, 5.41) is 10.5. The van der Waals surface area contributed by atoms with E-state index in [-0.39, 0.29) is 18.6 Å². The third-order valence-corrected chi connectivity index (χ3v) is 5.69. The molecule has 27 heavy (non-hydrogen) atoms. The number of carbonyl (C=O) groups excluding carboxylic acids is 1. The molecule has 0 aliphatic carbocycles. The van der Waals surface area contributed by atoms with Crippen LogP contribution in [0.2, 0.25) is 0 Å². The molecule has 4 rings (SSSR count). The van der Waals surface area contributed by atoms with Gasteiger partial charge in [0, 0.05) is 53.6 Å². The number of aliphatic hydroxyl groups is 1. The van der Waals surface area contributed by atoms with E-state index in [1.807, 2.05) is 55.4 Å². The van der Waals surface area contributed by atoms with E-state index in [0.717, 1.165) is 53.9 Å². The monoisotopic (exact) mass is 366 g/mol. The number of benzene rings is 1. The molecule has 1 aromatic carbocycles. The Morgan fingerprint density at radius 3 is 2.85 bits per heavy atom. The first-order chi connectivity index (χ1) is 13.1. The Bertz CT molecular complexity index is 950. The lowest BCUT2D eigenvalue weighted by Crippen LogP contribution is -2.38. The first-order valence-electron chi connectivity index (χ1n) is 9.60. The summed E-state index contributed by atoms with van der Waals surface area (Å²) in [5.74, 6) is 1.45. The van der Waals surface area contributed by atoms with Gasteiger partial charge >= 0.3 is 0 Å². The van der Waals surface area contributed by atoms with Crippen molar-refractivity contribution in [2.24, 2.45) is 0 Å². The fourth-order valence-electron chi connectivity index (χ4n) is 4.20. The summed E-state index contributed by atoms with van der Waals surface area (Å²) in [6.45, 7) is 5.59. The van der Waals surface area contributed by atoms with Gasteiger partial charge in [-0.1, -0.05) is 6.07 Å². The molecule has 0 bridgehead atoms. The number of amides is 1. The number of hydrogen-bond donors (Lipinski definition) is 2. The largest absolute Gasteiger partial charge is 0.394 e.